The number of carbonyl (C=O) groups excluding carboxylic acids is 1. The van der Waals surface area contributed by atoms with Crippen LogP contribution in [0.15, 0.2) is 60.9 Å². The standard InChI is InChI=1S/C19H16N6O/c26-18(14-5-6-14)22-19-21-17-4-1-3-16(25(17)23-19)13-7-9-15(10-8-13)24-12-2-11-20-24/h1-4,7-12,14H,5-6H2,(H,22,23,26). The van der Waals surface area contributed by atoms with Crippen LogP contribution in [0.4, 0.5) is 5.95 Å². The molecule has 128 valence electrons. The van der Waals surface area contributed by atoms with Gasteiger partial charge < -0.3 is 0 Å². The highest BCUT2D eigenvalue weighted by atomic mass is 16.2. The maximum atomic E-state index is 11.9. The number of nitrogens with one attached hydrogen (secondary N) is 1. The minimum absolute atomic E-state index is 0.00558. The first-order valence-corrected chi connectivity index (χ1v) is 8.55. The summed E-state index contributed by atoms with van der Waals surface area (Å²) in [6, 6.07) is 15.8. The zero-order valence-corrected chi connectivity index (χ0v) is 13.9. The molecule has 4 aromatic rings. The molecule has 7 nitrogen and oxygen atoms in total. The van der Waals surface area contributed by atoms with Crippen molar-refractivity contribution in [2.45, 2.75) is 12.8 Å². The van der Waals surface area contributed by atoms with Crippen LogP contribution in [0.3, 0.4) is 0 Å². The molecule has 1 aliphatic rings. The molecule has 3 heterocycles. The van der Waals surface area contributed by atoms with Crippen LogP contribution in [0.25, 0.3) is 22.6 Å². The van der Waals surface area contributed by atoms with Crippen LogP contribution in [0.2, 0.25) is 0 Å². The van der Waals surface area contributed by atoms with Gasteiger partial charge in [0.1, 0.15) is 0 Å². The summed E-state index contributed by atoms with van der Waals surface area (Å²) in [6.45, 7) is 0. The third-order valence-electron chi connectivity index (χ3n) is 4.47. The average molecular weight is 344 g/mol. The van der Waals surface area contributed by atoms with Crippen molar-refractivity contribution in [2.24, 2.45) is 5.92 Å². The van der Waals surface area contributed by atoms with Gasteiger partial charge in [-0.1, -0.05) is 18.2 Å². The van der Waals surface area contributed by atoms with Gasteiger partial charge in [-0.3, -0.25) is 10.1 Å². The fourth-order valence-corrected chi connectivity index (χ4v) is 2.94. The van der Waals surface area contributed by atoms with Crippen LogP contribution in [0, 0.1) is 5.92 Å². The Morgan fingerprint density at radius 2 is 1.92 bits per heavy atom. The predicted molar refractivity (Wildman–Crippen MR) is 96.9 cm³/mol. The van der Waals surface area contributed by atoms with Crippen LogP contribution in [0.1, 0.15) is 12.8 Å². The van der Waals surface area contributed by atoms with Gasteiger partial charge in [0.05, 0.1) is 11.4 Å². The number of anilines is 1. The number of nitrogens with zero attached hydrogens (tertiary/aromatic N) is 5. The van der Waals surface area contributed by atoms with E-state index in [9.17, 15) is 4.79 Å². The Bertz CT molecular complexity index is 1080. The summed E-state index contributed by atoms with van der Waals surface area (Å²) in [5.74, 6) is 0.476. The van der Waals surface area contributed by atoms with E-state index in [1.807, 2.05) is 59.4 Å². The lowest BCUT2D eigenvalue weighted by Gasteiger charge is -2.06. The molecular formula is C19H16N6O. The first kappa shape index (κ1) is 14.8. The molecule has 1 N–H and O–H groups in total. The number of carbonyl (C=O) groups is 1. The maximum absolute atomic E-state index is 11.9. The monoisotopic (exact) mass is 344 g/mol. The SMILES string of the molecule is O=C(Nc1nc2cccc(-c3ccc(-n4cccn4)cc3)n2n1)C1CC1. The molecule has 1 aliphatic carbocycles. The quantitative estimate of drug-likeness (QED) is 0.617. The minimum atomic E-state index is 0.00558. The molecular weight excluding hydrogens is 328 g/mol. The van der Waals surface area contributed by atoms with Crippen molar-refractivity contribution >= 4 is 17.5 Å². The number of hydrogen-bond acceptors (Lipinski definition) is 4. The molecule has 0 bridgehead atoms. The number of fused-ring (bicyclic) bond motifs is 1. The third-order valence-corrected chi connectivity index (χ3v) is 4.47. The smallest absolute Gasteiger partial charge is 0.249 e. The Labute approximate surface area is 149 Å². The van der Waals surface area contributed by atoms with E-state index >= 15 is 0 Å². The van der Waals surface area contributed by atoms with E-state index < -0.39 is 0 Å². The normalized spacial score (nSPS) is 13.8. The van der Waals surface area contributed by atoms with Crippen molar-refractivity contribution < 1.29 is 4.79 Å². The van der Waals surface area contributed by atoms with Crippen LogP contribution in [-0.4, -0.2) is 30.3 Å². The van der Waals surface area contributed by atoms with Gasteiger partial charge in [-0.05, 0) is 43.2 Å². The van der Waals surface area contributed by atoms with Crippen molar-refractivity contribution in [1.29, 1.82) is 0 Å². The Balaban J connectivity index is 1.49. The van der Waals surface area contributed by atoms with Gasteiger partial charge in [0.2, 0.25) is 11.9 Å². The summed E-state index contributed by atoms with van der Waals surface area (Å²) in [6.07, 6.45) is 5.56. The molecule has 0 spiro atoms. The van der Waals surface area contributed by atoms with Gasteiger partial charge in [0.15, 0.2) is 5.65 Å². The van der Waals surface area contributed by atoms with Gasteiger partial charge in [0, 0.05) is 23.9 Å². The van der Waals surface area contributed by atoms with Gasteiger partial charge >= 0.3 is 0 Å². The molecule has 1 aromatic carbocycles. The van der Waals surface area contributed by atoms with Crippen molar-refractivity contribution in [2.75, 3.05) is 5.32 Å². The largest absolute Gasteiger partial charge is 0.293 e. The highest BCUT2D eigenvalue weighted by Crippen LogP contribution is 2.30. The molecule has 7 heteroatoms. The van der Waals surface area contributed by atoms with Crippen LogP contribution in [0.5, 0.6) is 0 Å². The molecule has 0 saturated heterocycles. The number of aromatic nitrogens is 5. The lowest BCUT2D eigenvalue weighted by molar-refractivity contribution is -0.117. The highest BCUT2D eigenvalue weighted by Gasteiger charge is 2.30. The maximum Gasteiger partial charge on any atom is 0.249 e. The molecule has 1 saturated carbocycles. The Kier molecular flexibility index (Phi) is 3.31. The molecule has 0 radical (unpaired) electrons. The number of hydrogen-bond donors (Lipinski definition) is 1. The molecule has 5 rings (SSSR count). The lowest BCUT2D eigenvalue weighted by Crippen LogP contribution is -2.14. The molecule has 26 heavy (non-hydrogen) atoms. The molecule has 1 fully saturated rings. The highest BCUT2D eigenvalue weighted by molar-refractivity contribution is 5.92. The van der Waals surface area contributed by atoms with E-state index in [1.54, 1.807) is 10.7 Å². The number of rotatable bonds is 4. The van der Waals surface area contributed by atoms with Crippen molar-refractivity contribution in [1.82, 2.24) is 24.4 Å². The second kappa shape index (κ2) is 5.80. The van der Waals surface area contributed by atoms with E-state index in [-0.39, 0.29) is 11.8 Å². The second-order valence-electron chi connectivity index (χ2n) is 6.38. The molecule has 3 aromatic heterocycles. The summed E-state index contributed by atoms with van der Waals surface area (Å²) >= 11 is 0. The topological polar surface area (TPSA) is 77.1 Å². The fraction of sp³-hybridized carbons (Fsp3) is 0.158. The van der Waals surface area contributed by atoms with Gasteiger partial charge in [-0.15, -0.1) is 5.10 Å². The predicted octanol–water partition coefficient (Wildman–Crippen LogP) is 2.93. The lowest BCUT2D eigenvalue weighted by atomic mass is 10.1. The van der Waals surface area contributed by atoms with Crippen molar-refractivity contribution in [3.63, 3.8) is 0 Å². The van der Waals surface area contributed by atoms with E-state index in [2.05, 4.69) is 20.5 Å². The molecule has 0 aliphatic heterocycles. The number of amides is 1. The van der Waals surface area contributed by atoms with Crippen LogP contribution >= 0.6 is 0 Å². The molecule has 0 atom stereocenters. The van der Waals surface area contributed by atoms with E-state index in [1.165, 1.54) is 0 Å². The Morgan fingerprint density at radius 1 is 1.08 bits per heavy atom. The molecule has 0 unspecified atom stereocenters. The van der Waals surface area contributed by atoms with Crippen LogP contribution < -0.4 is 5.32 Å². The minimum Gasteiger partial charge on any atom is -0.293 e. The fourth-order valence-electron chi connectivity index (χ4n) is 2.94. The number of benzene rings is 1. The summed E-state index contributed by atoms with van der Waals surface area (Å²) < 4.78 is 3.57. The number of pyridine rings is 1. The van der Waals surface area contributed by atoms with Crippen molar-refractivity contribution in [3.8, 4) is 16.9 Å². The van der Waals surface area contributed by atoms with Gasteiger partial charge in [0.25, 0.3) is 0 Å². The second-order valence-corrected chi connectivity index (χ2v) is 6.38. The zero-order chi connectivity index (χ0) is 17.5. The summed E-state index contributed by atoms with van der Waals surface area (Å²) in [5.41, 5.74) is 3.61. The summed E-state index contributed by atoms with van der Waals surface area (Å²) in [5, 5.41) is 11.5. The van der Waals surface area contributed by atoms with E-state index in [0.717, 1.165) is 29.8 Å². The summed E-state index contributed by atoms with van der Waals surface area (Å²) in [4.78, 5) is 16.4. The van der Waals surface area contributed by atoms with Crippen LogP contribution in [-0.2, 0) is 4.79 Å². The zero-order valence-electron chi connectivity index (χ0n) is 13.9. The molecule has 1 amide bonds. The first-order chi connectivity index (χ1) is 12.8. The van der Waals surface area contributed by atoms with Gasteiger partial charge in [-0.2, -0.15) is 10.1 Å². The Hall–Kier alpha value is -3.48. The third kappa shape index (κ3) is 2.63. The van der Waals surface area contributed by atoms with E-state index in [4.69, 9.17) is 0 Å². The van der Waals surface area contributed by atoms with Gasteiger partial charge in [-0.25, -0.2) is 9.20 Å². The first-order valence-electron chi connectivity index (χ1n) is 8.55. The summed E-state index contributed by atoms with van der Waals surface area (Å²) in [7, 11) is 0. The average Bonchev–Trinajstić information content (AvgIpc) is 3.22. The Morgan fingerprint density at radius 3 is 2.65 bits per heavy atom. The van der Waals surface area contributed by atoms with Crippen molar-refractivity contribution in [3.05, 3.63) is 60.9 Å². The van der Waals surface area contributed by atoms with E-state index in [0.29, 0.717) is 11.6 Å².